The Morgan fingerprint density at radius 2 is 1.93 bits per heavy atom. The summed E-state index contributed by atoms with van der Waals surface area (Å²) in [5.41, 5.74) is 1.85. The third-order valence-electron chi connectivity index (χ3n) is 5.06. The zero-order valence-corrected chi connectivity index (χ0v) is 16.8. The van der Waals surface area contributed by atoms with Gasteiger partial charge in [0.1, 0.15) is 5.82 Å². The summed E-state index contributed by atoms with van der Waals surface area (Å²) in [6, 6.07) is 13.5. The summed E-state index contributed by atoms with van der Waals surface area (Å²) in [4.78, 5) is 36.1. The number of hydrogen-bond donors (Lipinski definition) is 0. The van der Waals surface area contributed by atoms with Crippen LogP contribution in [0.15, 0.2) is 48.5 Å². The number of benzene rings is 2. The molecule has 1 amide bonds. The van der Waals surface area contributed by atoms with Crippen LogP contribution in [0.2, 0.25) is 0 Å². The Labute approximate surface area is 170 Å². The maximum atomic E-state index is 13.1. The second kappa shape index (κ2) is 9.54. The number of hydrogen-bond acceptors (Lipinski definition) is 4. The quantitative estimate of drug-likeness (QED) is 0.538. The van der Waals surface area contributed by atoms with E-state index < -0.39 is 5.97 Å². The Morgan fingerprint density at radius 3 is 2.66 bits per heavy atom. The van der Waals surface area contributed by atoms with E-state index in [-0.39, 0.29) is 30.0 Å². The van der Waals surface area contributed by atoms with Crippen LogP contribution in [0, 0.1) is 11.7 Å². The first kappa shape index (κ1) is 20.8. The van der Waals surface area contributed by atoms with Crippen molar-refractivity contribution in [2.75, 3.05) is 13.1 Å². The van der Waals surface area contributed by atoms with Crippen LogP contribution in [0.4, 0.5) is 4.39 Å². The lowest BCUT2D eigenvalue weighted by atomic mass is 9.90. The average Bonchev–Trinajstić information content (AvgIpc) is 2.74. The van der Waals surface area contributed by atoms with Gasteiger partial charge in [-0.1, -0.05) is 38.1 Å². The van der Waals surface area contributed by atoms with Crippen LogP contribution < -0.4 is 4.89 Å². The lowest BCUT2D eigenvalue weighted by Gasteiger charge is -2.33. The summed E-state index contributed by atoms with van der Waals surface area (Å²) >= 11 is 0. The summed E-state index contributed by atoms with van der Waals surface area (Å²) in [5, 5.41) is 0. The summed E-state index contributed by atoms with van der Waals surface area (Å²) < 4.78 is 13.1. The van der Waals surface area contributed by atoms with Crippen molar-refractivity contribution in [3.63, 3.8) is 0 Å². The van der Waals surface area contributed by atoms with Crippen molar-refractivity contribution in [2.45, 2.75) is 39.0 Å². The molecule has 0 saturated carbocycles. The molecule has 0 aromatic heterocycles. The normalized spacial score (nSPS) is 16.6. The third kappa shape index (κ3) is 5.79. The molecule has 0 bridgehead atoms. The summed E-state index contributed by atoms with van der Waals surface area (Å²) in [6.45, 7) is 4.82. The second-order valence-corrected chi connectivity index (χ2v) is 7.70. The first-order valence-corrected chi connectivity index (χ1v) is 9.93. The van der Waals surface area contributed by atoms with Crippen LogP contribution in [0.25, 0.3) is 0 Å². The Kier molecular flexibility index (Phi) is 6.86. The summed E-state index contributed by atoms with van der Waals surface area (Å²) in [5.74, 6) is -0.306. The Hall–Kier alpha value is -2.89. The average molecular weight is 399 g/mol. The van der Waals surface area contributed by atoms with Gasteiger partial charge in [-0.25, -0.2) is 9.18 Å². The molecule has 2 aromatic carbocycles. The van der Waals surface area contributed by atoms with Crippen LogP contribution in [-0.2, 0) is 20.9 Å². The van der Waals surface area contributed by atoms with Gasteiger partial charge in [-0.2, -0.15) is 0 Å². The van der Waals surface area contributed by atoms with Crippen molar-refractivity contribution in [1.82, 2.24) is 4.90 Å². The van der Waals surface area contributed by atoms with Crippen LogP contribution >= 0.6 is 0 Å². The Bertz CT molecular complexity index is 850. The molecular formula is C23H26FNO4. The van der Waals surface area contributed by atoms with Crippen molar-refractivity contribution in [1.29, 1.82) is 0 Å². The molecule has 0 aliphatic carbocycles. The second-order valence-electron chi connectivity index (χ2n) is 7.70. The number of likely N-dealkylation sites (tertiary alicyclic amines) is 1. The number of rotatable bonds is 6. The SMILES string of the molecule is CC(C)C(=O)OOc1cccc(C2CCCN(C(=O)Cc3ccc(F)cc3)C2)c1. The Morgan fingerprint density at radius 1 is 1.17 bits per heavy atom. The van der Waals surface area contributed by atoms with Crippen LogP contribution in [0.1, 0.15) is 43.7 Å². The lowest BCUT2D eigenvalue weighted by Crippen LogP contribution is -2.39. The molecule has 154 valence electrons. The number of halogens is 1. The van der Waals surface area contributed by atoms with Gasteiger partial charge < -0.3 is 4.90 Å². The highest BCUT2D eigenvalue weighted by Crippen LogP contribution is 2.29. The van der Waals surface area contributed by atoms with E-state index in [0.717, 1.165) is 30.5 Å². The van der Waals surface area contributed by atoms with Gasteiger partial charge in [0, 0.05) is 19.0 Å². The van der Waals surface area contributed by atoms with E-state index in [0.29, 0.717) is 12.3 Å². The van der Waals surface area contributed by atoms with E-state index in [4.69, 9.17) is 9.78 Å². The minimum Gasteiger partial charge on any atom is -0.342 e. The summed E-state index contributed by atoms with van der Waals surface area (Å²) in [7, 11) is 0. The number of amides is 1. The molecule has 1 saturated heterocycles. The minimum absolute atomic E-state index is 0.0413. The van der Waals surface area contributed by atoms with Gasteiger partial charge in [0.05, 0.1) is 12.3 Å². The fourth-order valence-electron chi connectivity index (χ4n) is 3.37. The van der Waals surface area contributed by atoms with Gasteiger partial charge in [-0.3, -0.25) is 14.6 Å². The molecule has 0 N–H and O–H groups in total. The molecule has 0 radical (unpaired) electrons. The van der Waals surface area contributed by atoms with E-state index in [1.807, 2.05) is 23.1 Å². The van der Waals surface area contributed by atoms with Crippen LogP contribution in [0.5, 0.6) is 5.75 Å². The number of carbonyl (C=O) groups excluding carboxylic acids is 2. The van der Waals surface area contributed by atoms with Gasteiger partial charge in [-0.15, -0.1) is 0 Å². The third-order valence-corrected chi connectivity index (χ3v) is 5.06. The van der Waals surface area contributed by atoms with Gasteiger partial charge in [0.15, 0.2) is 5.75 Å². The molecule has 1 fully saturated rings. The van der Waals surface area contributed by atoms with Gasteiger partial charge in [0.2, 0.25) is 5.91 Å². The Balaban J connectivity index is 1.61. The summed E-state index contributed by atoms with van der Waals surface area (Å²) in [6.07, 6.45) is 2.14. The van der Waals surface area contributed by atoms with Crippen LogP contribution in [0.3, 0.4) is 0 Å². The molecule has 29 heavy (non-hydrogen) atoms. The molecule has 1 aliphatic heterocycles. The van der Waals surface area contributed by atoms with Gasteiger partial charge in [0.25, 0.3) is 0 Å². The molecule has 1 unspecified atom stereocenters. The minimum atomic E-state index is -0.425. The predicted molar refractivity (Wildman–Crippen MR) is 107 cm³/mol. The monoisotopic (exact) mass is 399 g/mol. The maximum Gasteiger partial charge on any atom is 0.357 e. The van der Waals surface area contributed by atoms with E-state index in [2.05, 4.69) is 0 Å². The zero-order valence-electron chi connectivity index (χ0n) is 16.8. The van der Waals surface area contributed by atoms with Gasteiger partial charge >= 0.3 is 5.97 Å². The highest BCUT2D eigenvalue weighted by molar-refractivity contribution is 5.79. The highest BCUT2D eigenvalue weighted by Gasteiger charge is 2.25. The molecule has 1 aliphatic rings. The van der Waals surface area contributed by atoms with Crippen molar-refractivity contribution in [3.05, 3.63) is 65.5 Å². The molecule has 0 spiro atoms. The molecular weight excluding hydrogens is 373 g/mol. The maximum absolute atomic E-state index is 13.1. The first-order chi connectivity index (χ1) is 13.9. The van der Waals surface area contributed by atoms with E-state index in [1.54, 1.807) is 32.0 Å². The predicted octanol–water partition coefficient (Wildman–Crippen LogP) is 4.27. The lowest BCUT2D eigenvalue weighted by molar-refractivity contribution is -0.217. The van der Waals surface area contributed by atoms with E-state index in [9.17, 15) is 14.0 Å². The standard InChI is InChI=1S/C23H26FNO4/c1-16(2)23(27)29-28-21-7-3-5-18(14-21)19-6-4-12-25(15-19)22(26)13-17-8-10-20(24)11-9-17/h3,5,7-11,14,16,19H,4,6,12-13,15H2,1-2H3. The van der Waals surface area contributed by atoms with Gasteiger partial charge in [-0.05, 0) is 48.2 Å². The molecule has 1 heterocycles. The zero-order chi connectivity index (χ0) is 20.8. The fraction of sp³-hybridized carbons (Fsp3) is 0.391. The van der Waals surface area contributed by atoms with Crippen molar-refractivity contribution < 1.29 is 23.8 Å². The van der Waals surface area contributed by atoms with Crippen molar-refractivity contribution >= 4 is 11.9 Å². The smallest absolute Gasteiger partial charge is 0.342 e. The largest absolute Gasteiger partial charge is 0.357 e. The highest BCUT2D eigenvalue weighted by atomic mass is 19.1. The topological polar surface area (TPSA) is 55.8 Å². The van der Waals surface area contributed by atoms with Crippen molar-refractivity contribution in [3.8, 4) is 5.75 Å². The van der Waals surface area contributed by atoms with E-state index >= 15 is 0 Å². The molecule has 6 heteroatoms. The van der Waals surface area contributed by atoms with Crippen LogP contribution in [-0.4, -0.2) is 29.9 Å². The number of nitrogens with zero attached hydrogens (tertiary/aromatic N) is 1. The molecule has 5 nitrogen and oxygen atoms in total. The van der Waals surface area contributed by atoms with E-state index in [1.165, 1.54) is 12.1 Å². The molecule has 1 atom stereocenters. The first-order valence-electron chi connectivity index (χ1n) is 9.93. The van der Waals surface area contributed by atoms with Crippen molar-refractivity contribution in [2.24, 2.45) is 5.92 Å². The molecule has 3 rings (SSSR count). The molecule has 2 aromatic rings. The fourth-order valence-corrected chi connectivity index (χ4v) is 3.37. The number of carbonyl (C=O) groups is 2. The number of piperidine rings is 1.